The minimum absolute atomic E-state index is 0.0678. The van der Waals surface area contributed by atoms with Gasteiger partial charge >= 0.3 is 12.1 Å². The lowest BCUT2D eigenvalue weighted by Crippen LogP contribution is -2.65. The molecule has 0 saturated heterocycles. The van der Waals surface area contributed by atoms with Gasteiger partial charge in [-0.3, -0.25) is 4.79 Å². The molecule has 1 aromatic carbocycles. The number of alkyl halides is 3. The summed E-state index contributed by atoms with van der Waals surface area (Å²) in [6, 6.07) is 4.73. The van der Waals surface area contributed by atoms with Crippen LogP contribution in [-0.2, 0) is 14.9 Å². The molecule has 0 heterocycles. The third-order valence-electron chi connectivity index (χ3n) is 3.67. The zero-order valence-electron chi connectivity index (χ0n) is 10.5. The van der Waals surface area contributed by atoms with E-state index in [4.69, 9.17) is 0 Å². The van der Waals surface area contributed by atoms with Crippen molar-refractivity contribution < 1.29 is 32.2 Å². The van der Waals surface area contributed by atoms with Crippen molar-refractivity contribution in [1.82, 2.24) is 0 Å². The largest absolute Gasteiger partial charge is 0.468 e. The van der Waals surface area contributed by atoms with E-state index in [-0.39, 0.29) is 5.56 Å². The predicted molar refractivity (Wildman–Crippen MR) is 60.3 cm³/mol. The van der Waals surface area contributed by atoms with E-state index < -0.39 is 41.8 Å². The van der Waals surface area contributed by atoms with Gasteiger partial charge in [-0.1, -0.05) is 12.1 Å². The second kappa shape index (κ2) is 4.44. The van der Waals surface area contributed by atoms with Crippen LogP contribution in [0.1, 0.15) is 18.4 Å². The molecule has 1 aliphatic carbocycles. The highest BCUT2D eigenvalue weighted by Crippen LogP contribution is 2.57. The Morgan fingerprint density at radius 3 is 2.40 bits per heavy atom. The van der Waals surface area contributed by atoms with Crippen molar-refractivity contribution in [2.45, 2.75) is 30.0 Å². The number of carbonyl (C=O) groups is 1. The van der Waals surface area contributed by atoms with Crippen molar-refractivity contribution >= 4 is 5.97 Å². The maximum absolute atomic E-state index is 13.2. The van der Waals surface area contributed by atoms with Crippen LogP contribution in [0, 0.1) is 5.82 Å². The van der Waals surface area contributed by atoms with E-state index in [0.717, 1.165) is 19.2 Å². The molecule has 0 unspecified atom stereocenters. The Balaban J connectivity index is 2.40. The number of hydrogen-bond donors (Lipinski definition) is 1. The monoisotopic (exact) mass is 292 g/mol. The number of carbonyl (C=O) groups excluding carboxylic acids is 1. The molecule has 0 radical (unpaired) electrons. The summed E-state index contributed by atoms with van der Waals surface area (Å²) >= 11 is 0. The topological polar surface area (TPSA) is 46.5 Å². The van der Waals surface area contributed by atoms with E-state index in [1.165, 1.54) is 12.1 Å². The molecule has 0 atom stereocenters. The SMILES string of the molecule is COC(=O)C1(c2cccc(F)c2)CC(O)(C(F)(F)F)C1. The van der Waals surface area contributed by atoms with E-state index in [2.05, 4.69) is 4.74 Å². The van der Waals surface area contributed by atoms with Crippen LogP contribution < -0.4 is 0 Å². The number of rotatable bonds is 2. The third-order valence-corrected chi connectivity index (χ3v) is 3.67. The molecule has 1 fully saturated rings. The maximum atomic E-state index is 13.2. The van der Waals surface area contributed by atoms with Crippen LogP contribution >= 0.6 is 0 Å². The van der Waals surface area contributed by atoms with Crippen LogP contribution in [0.5, 0.6) is 0 Å². The molecule has 110 valence electrons. The zero-order valence-corrected chi connectivity index (χ0v) is 10.5. The first-order chi connectivity index (χ1) is 9.14. The van der Waals surface area contributed by atoms with Crippen LogP contribution in [0.3, 0.4) is 0 Å². The Kier molecular flexibility index (Phi) is 3.28. The highest BCUT2D eigenvalue weighted by molar-refractivity contribution is 5.85. The van der Waals surface area contributed by atoms with Gasteiger partial charge in [-0.05, 0) is 17.7 Å². The van der Waals surface area contributed by atoms with Crippen LogP contribution in [0.2, 0.25) is 0 Å². The van der Waals surface area contributed by atoms with Gasteiger partial charge in [0.1, 0.15) is 5.82 Å². The second-order valence-corrected chi connectivity index (χ2v) is 4.97. The average Bonchev–Trinajstić information content (AvgIpc) is 2.32. The molecule has 20 heavy (non-hydrogen) atoms. The van der Waals surface area contributed by atoms with Crippen LogP contribution in [-0.4, -0.2) is 30.0 Å². The van der Waals surface area contributed by atoms with Gasteiger partial charge in [-0.2, -0.15) is 13.2 Å². The molecule has 7 heteroatoms. The lowest BCUT2D eigenvalue weighted by atomic mass is 9.55. The minimum atomic E-state index is -4.85. The smallest absolute Gasteiger partial charge is 0.417 e. The predicted octanol–water partition coefficient (Wildman–Crippen LogP) is 2.32. The molecular weight excluding hydrogens is 280 g/mol. The highest BCUT2D eigenvalue weighted by atomic mass is 19.4. The number of aliphatic hydroxyl groups is 1. The first-order valence-electron chi connectivity index (χ1n) is 5.78. The highest BCUT2D eigenvalue weighted by Gasteiger charge is 2.70. The molecule has 1 aliphatic rings. The Labute approximate surface area is 112 Å². The number of methoxy groups -OCH3 is 1. The standard InChI is InChI=1S/C13H12F4O3/c1-20-10(18)11(8-3-2-4-9(14)5-8)6-12(19,7-11)13(15,16)17/h2-5,19H,6-7H2,1H3. The molecular formula is C13H12F4O3. The van der Waals surface area contributed by atoms with Gasteiger partial charge < -0.3 is 9.84 Å². The van der Waals surface area contributed by atoms with E-state index >= 15 is 0 Å². The van der Waals surface area contributed by atoms with Gasteiger partial charge in [0.05, 0.1) is 12.5 Å². The fourth-order valence-electron chi connectivity index (χ4n) is 2.59. The number of hydrogen-bond acceptors (Lipinski definition) is 3. The minimum Gasteiger partial charge on any atom is -0.468 e. The molecule has 0 aliphatic heterocycles. The van der Waals surface area contributed by atoms with Crippen LogP contribution in [0.25, 0.3) is 0 Å². The maximum Gasteiger partial charge on any atom is 0.417 e. The van der Waals surface area contributed by atoms with Crippen molar-refractivity contribution in [3.05, 3.63) is 35.6 Å². The Morgan fingerprint density at radius 2 is 1.95 bits per heavy atom. The van der Waals surface area contributed by atoms with E-state index in [1.54, 1.807) is 0 Å². The third kappa shape index (κ3) is 2.06. The lowest BCUT2D eigenvalue weighted by molar-refractivity contribution is -0.303. The molecule has 1 N–H and O–H groups in total. The van der Waals surface area contributed by atoms with Gasteiger partial charge in [0.2, 0.25) is 0 Å². The molecule has 0 aromatic heterocycles. The molecule has 2 rings (SSSR count). The van der Waals surface area contributed by atoms with Gasteiger partial charge in [-0.25, -0.2) is 4.39 Å². The summed E-state index contributed by atoms with van der Waals surface area (Å²) in [6.45, 7) is 0. The molecule has 0 amide bonds. The Morgan fingerprint density at radius 1 is 1.35 bits per heavy atom. The van der Waals surface area contributed by atoms with Crippen LogP contribution in [0.15, 0.2) is 24.3 Å². The number of benzene rings is 1. The van der Waals surface area contributed by atoms with Gasteiger partial charge in [0.25, 0.3) is 0 Å². The molecule has 1 saturated carbocycles. The fourth-order valence-corrected chi connectivity index (χ4v) is 2.59. The summed E-state index contributed by atoms with van der Waals surface area (Å²) < 4.78 is 55.9. The van der Waals surface area contributed by atoms with Crippen molar-refractivity contribution in [3.8, 4) is 0 Å². The summed E-state index contributed by atoms with van der Waals surface area (Å²) in [5.74, 6) is -1.59. The van der Waals surface area contributed by atoms with E-state index in [9.17, 15) is 27.5 Å². The van der Waals surface area contributed by atoms with Gasteiger partial charge in [-0.15, -0.1) is 0 Å². The summed E-state index contributed by atoms with van der Waals surface area (Å²) in [4.78, 5) is 11.8. The van der Waals surface area contributed by atoms with E-state index in [0.29, 0.717) is 0 Å². The van der Waals surface area contributed by atoms with Crippen molar-refractivity contribution in [2.75, 3.05) is 7.11 Å². The summed E-state index contributed by atoms with van der Waals surface area (Å²) in [5, 5.41) is 9.53. The molecule has 1 aromatic rings. The first-order valence-corrected chi connectivity index (χ1v) is 5.78. The van der Waals surface area contributed by atoms with Gasteiger partial charge in [0, 0.05) is 12.8 Å². The summed E-state index contributed by atoms with van der Waals surface area (Å²) in [7, 11) is 1.04. The lowest BCUT2D eigenvalue weighted by Gasteiger charge is -2.51. The Hall–Kier alpha value is -1.63. The van der Waals surface area contributed by atoms with E-state index in [1.807, 2.05) is 0 Å². The molecule has 0 spiro atoms. The van der Waals surface area contributed by atoms with Gasteiger partial charge in [0.15, 0.2) is 5.60 Å². The molecule has 3 nitrogen and oxygen atoms in total. The second-order valence-electron chi connectivity index (χ2n) is 4.97. The fraction of sp³-hybridized carbons (Fsp3) is 0.462. The zero-order chi connectivity index (χ0) is 15.2. The number of ether oxygens (including phenoxy) is 1. The summed E-state index contributed by atoms with van der Waals surface area (Å²) in [5.41, 5.74) is -4.55. The molecule has 0 bridgehead atoms. The van der Waals surface area contributed by atoms with Crippen molar-refractivity contribution in [3.63, 3.8) is 0 Å². The van der Waals surface area contributed by atoms with Crippen molar-refractivity contribution in [2.24, 2.45) is 0 Å². The number of esters is 1. The first kappa shape index (κ1) is 14.8. The number of halogens is 4. The average molecular weight is 292 g/mol. The Bertz CT molecular complexity index is 533. The summed E-state index contributed by atoms with van der Waals surface area (Å²) in [6.07, 6.45) is -6.60. The normalized spacial score (nSPS) is 29.7. The van der Waals surface area contributed by atoms with Crippen molar-refractivity contribution in [1.29, 1.82) is 0 Å². The van der Waals surface area contributed by atoms with Crippen LogP contribution in [0.4, 0.5) is 17.6 Å². The quantitative estimate of drug-likeness (QED) is 0.672.